The average molecular weight is 1870 g/mol. The van der Waals surface area contributed by atoms with E-state index in [1.54, 1.807) is 75.1 Å². The van der Waals surface area contributed by atoms with Crippen LogP contribution in [0.25, 0.3) is 28.4 Å². The van der Waals surface area contributed by atoms with Crippen molar-refractivity contribution in [3.8, 4) is 77.8 Å². The molecule has 0 amide bonds. The SMILES string of the molecule is C#Cc1ccc2c(c1)C(c1ccccc1Br)=N[C@@H](C)c1c(C(C)=O)ncn1-2.C#Cc1ccc2c(c1)C(c1ccccc1Cl)=N[C@@H](C)c1c(C(C)=O)ncn1-2.C#Cc1ccc2c(c1)C(c1ccccc1[N+](=O)[O-])=N[C@@H](C)c1c(C(C)=O)ncn1-2.C#Cc1ccc2c(c1)C(c1ccccn1)=N[C@@H](C)c1c(C(C)=O)ncn1-2.CC(=O)c1ncn2c1[C@@H](C)N=C(c1ccccc1)c1cc(C3CC3)ccc1-2. The molecule has 11 heterocycles. The van der Waals surface area contributed by atoms with Crippen LogP contribution in [0.15, 0.2) is 280 Å². The van der Waals surface area contributed by atoms with Gasteiger partial charge in [0.05, 0.1) is 132 Å². The fraction of sp³-hybridized carbons (Fsp3) is 0.164. The normalized spacial score (nSPS) is 15.7. The third-order valence-corrected chi connectivity index (χ3v) is 25.2. The number of fused-ring (bicyclic) bond motifs is 15. The van der Waals surface area contributed by atoms with E-state index in [1.807, 2.05) is 203 Å². The molecule has 15 aromatic rings. The highest BCUT2D eigenvalue weighted by Gasteiger charge is 2.37. The van der Waals surface area contributed by atoms with E-state index >= 15 is 0 Å². The Morgan fingerprint density at radius 2 is 0.676 bits per heavy atom. The second-order valence-electron chi connectivity index (χ2n) is 33.2. The number of carbonyl (C=O) groups is 5. The van der Waals surface area contributed by atoms with Crippen LogP contribution in [-0.2, 0) is 0 Å². The average Bonchev–Trinajstić information content (AvgIpc) is 1.64. The maximum Gasteiger partial charge on any atom is 0.278 e. The summed E-state index contributed by atoms with van der Waals surface area (Å²) in [5.41, 5.74) is 26.9. The van der Waals surface area contributed by atoms with Crippen LogP contribution in [0.2, 0.25) is 5.02 Å². The van der Waals surface area contributed by atoms with E-state index < -0.39 is 11.0 Å². The van der Waals surface area contributed by atoms with Crippen LogP contribution in [0.5, 0.6) is 0 Å². The minimum absolute atomic E-state index is 0.0230. The predicted molar refractivity (Wildman–Crippen MR) is 531 cm³/mol. The third kappa shape index (κ3) is 17.5. The van der Waals surface area contributed by atoms with Gasteiger partial charge in [-0.15, -0.1) is 25.7 Å². The number of benzene rings is 9. The number of hydrogen-bond acceptors (Lipinski definition) is 18. The summed E-state index contributed by atoms with van der Waals surface area (Å²) in [5.74, 6) is 10.9. The molecule has 136 heavy (non-hydrogen) atoms. The highest BCUT2D eigenvalue weighted by molar-refractivity contribution is 9.10. The smallest absolute Gasteiger partial charge is 0.278 e. The number of ketones is 5. The lowest BCUT2D eigenvalue weighted by Crippen LogP contribution is -2.10. The first-order chi connectivity index (χ1) is 65.7. The highest BCUT2D eigenvalue weighted by atomic mass is 79.9. The molecule has 1 saturated carbocycles. The molecular formula is C110H85BrClN17O7. The number of hydrogen-bond donors (Lipinski definition) is 0. The van der Waals surface area contributed by atoms with Gasteiger partial charge in [-0.1, -0.05) is 142 Å². The van der Waals surface area contributed by atoms with Crippen LogP contribution < -0.4 is 0 Å². The van der Waals surface area contributed by atoms with Crippen molar-refractivity contribution in [2.24, 2.45) is 25.0 Å². The summed E-state index contributed by atoms with van der Waals surface area (Å²) in [5, 5.41) is 12.2. The number of Topliss-reactive ketones (excluding diaryl/α,β-unsaturated/α-hetero) is 5. The Morgan fingerprint density at radius 1 is 0.360 bits per heavy atom. The Bertz CT molecular complexity index is 7650. The minimum atomic E-state index is -0.451. The van der Waals surface area contributed by atoms with Gasteiger partial charge in [-0.05, 0) is 174 Å². The summed E-state index contributed by atoms with van der Waals surface area (Å²) in [4.78, 5) is 122. The summed E-state index contributed by atoms with van der Waals surface area (Å²) in [7, 11) is 0. The van der Waals surface area contributed by atoms with Crippen molar-refractivity contribution in [2.45, 2.75) is 118 Å². The Labute approximate surface area is 798 Å². The number of nitro groups is 1. The summed E-state index contributed by atoms with van der Waals surface area (Å²) in [6.45, 7) is 17.3. The van der Waals surface area contributed by atoms with Crippen molar-refractivity contribution in [1.82, 2.24) is 52.7 Å². The van der Waals surface area contributed by atoms with E-state index in [2.05, 4.69) is 99.8 Å². The standard InChI is InChI=1S/C23H21N3O.C22H16BrN3O.C22H16ClN3O.C22H16N4O3.C21H16N4O/c1-14-23-21(15(2)27)24-13-26(23)20-11-10-18(16-8-9-16)12-19(20)22(25-14)17-6-4-3-5-7-17;2*1-4-15-9-10-19-17(11-15)21(16-7-5-6-8-18(16)23)25-13(2)22-20(14(3)27)24-12-26(19)22;1-4-15-9-10-18-17(11-15)21(16-7-5-6-8-19(16)26(28)29)24-13(2)22-20(14(3)27)23-12-25(18)22;1-4-15-8-9-18-16(11-15)20(17-7-5-6-10-22-17)24-13(2)21-19(14(3)26)23-12-25(18)21/h3-7,10-14,16H,8-9H2,1-2H3;2*1,5-13H,2-3H3;1,5-13H,2-3H3;1,5-13H,2-3H3/t14-;4*13-/m10000/s1. The van der Waals surface area contributed by atoms with Crippen molar-refractivity contribution < 1.29 is 28.9 Å². The van der Waals surface area contributed by atoms with Crippen LogP contribution in [0.4, 0.5) is 5.69 Å². The molecule has 1 aliphatic carbocycles. The van der Waals surface area contributed by atoms with Gasteiger partial charge in [0.25, 0.3) is 5.69 Å². The molecule has 6 aliphatic rings. The molecule has 0 radical (unpaired) electrons. The van der Waals surface area contributed by atoms with Crippen LogP contribution in [0.3, 0.4) is 0 Å². The molecule has 21 rings (SSSR count). The molecule has 24 nitrogen and oxygen atoms in total. The molecule has 0 saturated heterocycles. The third-order valence-electron chi connectivity index (χ3n) is 24.1. The summed E-state index contributed by atoms with van der Waals surface area (Å²) < 4.78 is 10.6. The monoisotopic (exact) mass is 1870 g/mol. The van der Waals surface area contributed by atoms with E-state index in [0.717, 1.165) is 134 Å². The number of rotatable bonds is 12. The van der Waals surface area contributed by atoms with Gasteiger partial charge in [-0.2, -0.15) is 0 Å². The molecule has 666 valence electrons. The fourth-order valence-electron chi connectivity index (χ4n) is 17.8. The Kier molecular flexibility index (Phi) is 25.6. The molecule has 6 aromatic heterocycles. The fourth-order valence-corrected chi connectivity index (χ4v) is 18.5. The number of para-hydroxylation sites is 1. The summed E-state index contributed by atoms with van der Waals surface area (Å²) >= 11 is 10.1. The quantitative estimate of drug-likeness (QED) is 0.0476. The molecule has 9 aromatic carbocycles. The number of nitrogens with zero attached hydrogens (tertiary/aromatic N) is 17. The van der Waals surface area contributed by atoms with E-state index in [1.165, 1.54) is 52.2 Å². The largest absolute Gasteiger partial charge is 0.300 e. The first-order valence-electron chi connectivity index (χ1n) is 43.8. The number of pyridine rings is 1. The number of carbonyl (C=O) groups excluding carboxylic acids is 5. The number of halogens is 2. The Hall–Kier alpha value is -16.7. The summed E-state index contributed by atoms with van der Waals surface area (Å²) in [6, 6.07) is 66.0. The number of aromatic nitrogens is 11. The highest BCUT2D eigenvalue weighted by Crippen LogP contribution is 2.45. The number of nitro benzene ring substituents is 1. The topological polar surface area (TPSA) is 292 Å². The first-order valence-corrected chi connectivity index (χ1v) is 44.9. The summed E-state index contributed by atoms with van der Waals surface area (Å²) in [6.07, 6.45) is 35.1. The van der Waals surface area contributed by atoms with Gasteiger partial charge in [-0.3, -0.25) is 86.9 Å². The number of imidazole rings is 5. The van der Waals surface area contributed by atoms with Crippen LogP contribution in [0.1, 0.15) is 283 Å². The molecule has 0 N–H and O–H groups in total. The molecular weight excluding hydrogens is 1790 g/mol. The van der Waals surface area contributed by atoms with Gasteiger partial charge in [0.1, 0.15) is 60.1 Å². The van der Waals surface area contributed by atoms with Crippen LogP contribution in [0, 0.1) is 59.5 Å². The van der Waals surface area contributed by atoms with E-state index in [4.69, 9.17) is 62.3 Å². The van der Waals surface area contributed by atoms with Crippen LogP contribution in [-0.4, -0.2) is 115 Å². The van der Waals surface area contributed by atoms with Gasteiger partial charge in [0, 0.05) is 123 Å². The number of terminal acetylenes is 4. The first kappa shape index (κ1) is 91.2. The van der Waals surface area contributed by atoms with Gasteiger partial charge in [-0.25, -0.2) is 24.9 Å². The van der Waals surface area contributed by atoms with E-state index in [0.29, 0.717) is 73.2 Å². The molecule has 0 bridgehead atoms. The van der Waals surface area contributed by atoms with Crippen molar-refractivity contribution in [2.75, 3.05) is 0 Å². The van der Waals surface area contributed by atoms with Gasteiger partial charge >= 0.3 is 0 Å². The minimum Gasteiger partial charge on any atom is -0.300 e. The zero-order valence-electron chi connectivity index (χ0n) is 75.6. The molecule has 26 heteroatoms. The Morgan fingerprint density at radius 3 is 1.04 bits per heavy atom. The zero-order chi connectivity index (χ0) is 95.8. The van der Waals surface area contributed by atoms with Crippen molar-refractivity contribution >= 4 is 90.7 Å². The second kappa shape index (κ2) is 38.2. The molecule has 5 atom stereocenters. The van der Waals surface area contributed by atoms with Gasteiger partial charge in [0.2, 0.25) is 0 Å². The lowest BCUT2D eigenvalue weighted by molar-refractivity contribution is -0.385. The maximum atomic E-state index is 12.1. The molecule has 5 aliphatic heterocycles. The van der Waals surface area contributed by atoms with Crippen molar-refractivity contribution in [3.63, 3.8) is 0 Å². The Balaban J connectivity index is 0.000000118. The maximum absolute atomic E-state index is 12.1. The molecule has 1 fully saturated rings. The van der Waals surface area contributed by atoms with E-state index in [-0.39, 0.29) is 58.8 Å². The number of aliphatic imine (C=N–C) groups is 5. The van der Waals surface area contributed by atoms with E-state index in [9.17, 15) is 34.1 Å². The molecule has 0 spiro atoms. The van der Waals surface area contributed by atoms with Crippen molar-refractivity contribution in [3.05, 3.63) is 410 Å². The van der Waals surface area contributed by atoms with Crippen molar-refractivity contribution in [1.29, 1.82) is 0 Å². The predicted octanol–water partition coefficient (Wildman–Crippen LogP) is 21.5. The van der Waals surface area contributed by atoms with Crippen LogP contribution >= 0.6 is 27.5 Å². The molecule has 0 unspecified atom stereocenters. The lowest BCUT2D eigenvalue weighted by Gasteiger charge is -2.13. The lowest BCUT2D eigenvalue weighted by atomic mass is 9.97. The van der Waals surface area contributed by atoms with Gasteiger partial charge in [0.15, 0.2) is 28.9 Å². The van der Waals surface area contributed by atoms with Gasteiger partial charge < -0.3 is 0 Å². The second-order valence-corrected chi connectivity index (χ2v) is 34.4. The zero-order valence-corrected chi connectivity index (χ0v) is 77.9.